The number of aliphatic carboxylic acids is 1. The predicted octanol–water partition coefficient (Wildman–Crippen LogP) is 1.55. The summed E-state index contributed by atoms with van der Waals surface area (Å²) in [6.45, 7) is 0. The first kappa shape index (κ1) is 8.77. The van der Waals surface area contributed by atoms with E-state index in [-0.39, 0.29) is 5.76 Å². The van der Waals surface area contributed by atoms with Gasteiger partial charge in [-0.15, -0.1) is 0 Å². The number of hydrogen-bond donors (Lipinski definition) is 2. The van der Waals surface area contributed by atoms with Crippen molar-refractivity contribution in [1.29, 1.82) is 0 Å². The molecule has 2 N–H and O–H groups in total. The summed E-state index contributed by atoms with van der Waals surface area (Å²) in [5.74, 6) is -1.26. The molecule has 0 amide bonds. The van der Waals surface area contributed by atoms with Gasteiger partial charge in [-0.1, -0.05) is 18.2 Å². The van der Waals surface area contributed by atoms with Gasteiger partial charge < -0.3 is 14.6 Å². The Morgan fingerprint density at radius 1 is 1.36 bits per heavy atom. The van der Waals surface area contributed by atoms with Gasteiger partial charge in [-0.2, -0.15) is 0 Å². The summed E-state index contributed by atoms with van der Waals surface area (Å²) in [4.78, 5) is 10.5. The highest BCUT2D eigenvalue weighted by atomic mass is 16.4. The van der Waals surface area contributed by atoms with Crippen LogP contribution in [-0.4, -0.2) is 16.2 Å². The molecule has 0 fully saturated rings. The molecule has 1 aromatic carbocycles. The molecule has 1 aromatic heterocycles. The number of hydrogen-bond acceptors (Lipinski definition) is 3. The Morgan fingerprint density at radius 3 is 2.71 bits per heavy atom. The predicted molar refractivity (Wildman–Crippen MR) is 48.8 cm³/mol. The minimum absolute atomic E-state index is 0.0544. The number of fused-ring (bicyclic) bond motifs is 1. The van der Waals surface area contributed by atoms with Crippen molar-refractivity contribution in [3.05, 3.63) is 36.1 Å². The molecule has 0 bridgehead atoms. The van der Waals surface area contributed by atoms with Crippen molar-refractivity contribution in [1.82, 2.24) is 0 Å². The van der Waals surface area contributed by atoms with Crippen LogP contribution >= 0.6 is 0 Å². The van der Waals surface area contributed by atoms with Crippen LogP contribution in [0.4, 0.5) is 0 Å². The second-order valence-corrected chi connectivity index (χ2v) is 2.93. The van der Waals surface area contributed by atoms with E-state index in [9.17, 15) is 9.90 Å². The van der Waals surface area contributed by atoms with E-state index in [1.807, 2.05) is 6.07 Å². The molecule has 72 valence electrons. The molecule has 0 aliphatic rings. The fourth-order valence-electron chi connectivity index (χ4n) is 1.26. The number of furan rings is 1. The molecule has 14 heavy (non-hydrogen) atoms. The third kappa shape index (κ3) is 1.36. The Hall–Kier alpha value is -1.81. The average molecular weight is 192 g/mol. The van der Waals surface area contributed by atoms with Crippen molar-refractivity contribution in [3.63, 3.8) is 0 Å². The van der Waals surface area contributed by atoms with Crippen LogP contribution in [0, 0.1) is 0 Å². The van der Waals surface area contributed by atoms with Crippen LogP contribution in [0.25, 0.3) is 11.0 Å². The smallest absolute Gasteiger partial charge is 0.340 e. The van der Waals surface area contributed by atoms with Crippen LogP contribution in [0.3, 0.4) is 0 Å². The van der Waals surface area contributed by atoms with Crippen molar-refractivity contribution >= 4 is 16.9 Å². The standard InChI is InChI=1S/C10H8O4/c11-9(10(12)13)8-5-6-3-1-2-4-7(6)14-8/h1-5,9,11H,(H,12,13)/t9-/m1/s1. The molecular formula is C10H8O4. The molecule has 0 aliphatic carbocycles. The highest BCUT2D eigenvalue weighted by Crippen LogP contribution is 2.23. The lowest BCUT2D eigenvalue weighted by Gasteiger charge is -1.98. The van der Waals surface area contributed by atoms with Crippen LogP contribution in [0.15, 0.2) is 34.7 Å². The maximum atomic E-state index is 10.5. The molecule has 4 heteroatoms. The van der Waals surface area contributed by atoms with E-state index >= 15 is 0 Å². The maximum absolute atomic E-state index is 10.5. The summed E-state index contributed by atoms with van der Waals surface area (Å²) in [6.07, 6.45) is -1.60. The van der Waals surface area contributed by atoms with Gasteiger partial charge in [0.1, 0.15) is 11.3 Å². The summed E-state index contributed by atoms with van der Waals surface area (Å²) in [7, 11) is 0. The lowest BCUT2D eigenvalue weighted by Crippen LogP contribution is -2.08. The second-order valence-electron chi connectivity index (χ2n) is 2.93. The molecule has 0 radical (unpaired) electrons. The van der Waals surface area contributed by atoms with E-state index < -0.39 is 12.1 Å². The van der Waals surface area contributed by atoms with Gasteiger partial charge in [0.05, 0.1) is 0 Å². The largest absolute Gasteiger partial charge is 0.479 e. The summed E-state index contributed by atoms with van der Waals surface area (Å²) in [5.41, 5.74) is 0.572. The summed E-state index contributed by atoms with van der Waals surface area (Å²) < 4.78 is 5.16. The lowest BCUT2D eigenvalue weighted by molar-refractivity contribution is -0.147. The number of carboxylic acids is 1. The molecule has 0 unspecified atom stereocenters. The number of aliphatic hydroxyl groups excluding tert-OH is 1. The Balaban J connectivity index is 2.50. The number of benzene rings is 1. The van der Waals surface area contributed by atoms with Gasteiger partial charge >= 0.3 is 5.97 Å². The first-order valence-corrected chi connectivity index (χ1v) is 4.08. The second kappa shape index (κ2) is 3.16. The SMILES string of the molecule is O=C(O)[C@H](O)c1cc2ccccc2o1. The van der Waals surface area contributed by atoms with Crippen molar-refractivity contribution < 1.29 is 19.4 Å². The minimum Gasteiger partial charge on any atom is -0.479 e. The average Bonchev–Trinajstić information content (AvgIpc) is 2.59. The molecule has 1 heterocycles. The van der Waals surface area contributed by atoms with Crippen molar-refractivity contribution in [3.8, 4) is 0 Å². The van der Waals surface area contributed by atoms with E-state index in [1.165, 1.54) is 6.07 Å². The zero-order valence-electron chi connectivity index (χ0n) is 7.18. The molecule has 1 atom stereocenters. The third-order valence-corrected chi connectivity index (χ3v) is 1.95. The molecule has 2 rings (SSSR count). The quantitative estimate of drug-likeness (QED) is 0.757. The third-order valence-electron chi connectivity index (χ3n) is 1.95. The van der Waals surface area contributed by atoms with Gasteiger partial charge in [0.15, 0.2) is 0 Å². The minimum atomic E-state index is -1.60. The van der Waals surface area contributed by atoms with E-state index in [0.717, 1.165) is 5.39 Å². The van der Waals surface area contributed by atoms with E-state index in [4.69, 9.17) is 9.52 Å². The van der Waals surface area contributed by atoms with Crippen LogP contribution < -0.4 is 0 Å². The summed E-state index contributed by atoms with van der Waals surface area (Å²) >= 11 is 0. The fraction of sp³-hybridized carbons (Fsp3) is 0.100. The number of aliphatic hydroxyl groups is 1. The number of carboxylic acid groups (broad SMARTS) is 1. The maximum Gasteiger partial charge on any atom is 0.340 e. The van der Waals surface area contributed by atoms with Gasteiger partial charge in [0, 0.05) is 5.39 Å². The van der Waals surface area contributed by atoms with Crippen molar-refractivity contribution in [2.45, 2.75) is 6.10 Å². The number of rotatable bonds is 2. The van der Waals surface area contributed by atoms with Gasteiger partial charge in [-0.05, 0) is 12.1 Å². The topological polar surface area (TPSA) is 70.7 Å². The molecule has 2 aromatic rings. The Labute approximate surface area is 79.4 Å². The van der Waals surface area contributed by atoms with Crippen LogP contribution in [-0.2, 0) is 4.79 Å². The van der Waals surface area contributed by atoms with E-state index in [0.29, 0.717) is 5.58 Å². The van der Waals surface area contributed by atoms with Crippen molar-refractivity contribution in [2.75, 3.05) is 0 Å². The Bertz CT molecular complexity index is 439. The first-order chi connectivity index (χ1) is 6.68. The van der Waals surface area contributed by atoms with E-state index in [2.05, 4.69) is 0 Å². The zero-order valence-corrected chi connectivity index (χ0v) is 7.18. The lowest BCUT2D eigenvalue weighted by atomic mass is 10.2. The normalized spacial score (nSPS) is 12.9. The number of carbonyl (C=O) groups is 1. The highest BCUT2D eigenvalue weighted by molar-refractivity contribution is 5.80. The van der Waals surface area contributed by atoms with Gasteiger partial charge in [-0.25, -0.2) is 4.79 Å². The monoisotopic (exact) mass is 192 g/mol. The molecule has 4 nitrogen and oxygen atoms in total. The Morgan fingerprint density at radius 2 is 2.07 bits per heavy atom. The molecule has 0 saturated heterocycles. The molecule has 0 aliphatic heterocycles. The van der Waals surface area contributed by atoms with Gasteiger partial charge in [0.2, 0.25) is 6.10 Å². The van der Waals surface area contributed by atoms with Gasteiger partial charge in [-0.3, -0.25) is 0 Å². The molecular weight excluding hydrogens is 184 g/mol. The highest BCUT2D eigenvalue weighted by Gasteiger charge is 2.20. The van der Waals surface area contributed by atoms with Gasteiger partial charge in [0.25, 0.3) is 0 Å². The summed E-state index contributed by atoms with van der Waals surface area (Å²) in [6, 6.07) is 8.62. The first-order valence-electron chi connectivity index (χ1n) is 4.08. The summed E-state index contributed by atoms with van der Waals surface area (Å²) in [5, 5.41) is 18.5. The molecule has 0 spiro atoms. The van der Waals surface area contributed by atoms with Crippen LogP contribution in [0.5, 0.6) is 0 Å². The van der Waals surface area contributed by atoms with E-state index in [1.54, 1.807) is 18.2 Å². The van der Waals surface area contributed by atoms with Crippen molar-refractivity contribution in [2.24, 2.45) is 0 Å². The van der Waals surface area contributed by atoms with Crippen LogP contribution in [0.1, 0.15) is 11.9 Å². The molecule has 0 saturated carbocycles. The fourth-order valence-corrected chi connectivity index (χ4v) is 1.26. The van der Waals surface area contributed by atoms with Crippen LogP contribution in [0.2, 0.25) is 0 Å². The number of para-hydroxylation sites is 1. The Kier molecular flexibility index (Phi) is 1.98. The zero-order chi connectivity index (χ0) is 10.1.